The summed E-state index contributed by atoms with van der Waals surface area (Å²) in [5, 5.41) is 3.38. The molecular formula is C18H18ClNO4S. The molecule has 0 radical (unpaired) electrons. The highest BCUT2D eigenvalue weighted by molar-refractivity contribution is 7.84. The molecule has 0 spiro atoms. The summed E-state index contributed by atoms with van der Waals surface area (Å²) in [6.45, 7) is 1.46. The summed E-state index contributed by atoms with van der Waals surface area (Å²) in [6.07, 6.45) is 2.23. The molecule has 0 saturated carbocycles. The largest absolute Gasteiger partial charge is 0.486 e. The molecule has 5 nitrogen and oxygen atoms in total. The number of amides is 1. The SMILES string of the molecule is CS(=O)c1ccc(C(=O)NCCc2cc(Cl)c3c(c2)OCCO3)cc1. The number of nitrogens with one attached hydrogen (secondary N) is 1. The van der Waals surface area contributed by atoms with E-state index in [0.717, 1.165) is 5.56 Å². The number of hydrogen-bond donors (Lipinski definition) is 1. The van der Waals surface area contributed by atoms with Gasteiger partial charge in [-0.3, -0.25) is 9.00 Å². The van der Waals surface area contributed by atoms with E-state index < -0.39 is 10.8 Å². The maximum Gasteiger partial charge on any atom is 0.251 e. The molecule has 0 bridgehead atoms. The zero-order valence-corrected chi connectivity index (χ0v) is 15.3. The molecule has 1 aliphatic heterocycles. The first-order chi connectivity index (χ1) is 12.0. The number of rotatable bonds is 5. The third kappa shape index (κ3) is 4.32. The molecule has 1 aliphatic rings. The van der Waals surface area contributed by atoms with Gasteiger partial charge in [0.1, 0.15) is 13.2 Å². The molecular weight excluding hydrogens is 362 g/mol. The minimum absolute atomic E-state index is 0.169. The molecule has 1 amide bonds. The van der Waals surface area contributed by atoms with Crippen molar-refractivity contribution in [2.24, 2.45) is 0 Å². The fourth-order valence-corrected chi connectivity index (χ4v) is 3.34. The van der Waals surface area contributed by atoms with Gasteiger partial charge in [-0.2, -0.15) is 0 Å². The van der Waals surface area contributed by atoms with Crippen molar-refractivity contribution in [2.75, 3.05) is 26.0 Å². The molecule has 0 aliphatic carbocycles. The van der Waals surface area contributed by atoms with Gasteiger partial charge in [0.05, 0.1) is 5.02 Å². The van der Waals surface area contributed by atoms with E-state index in [0.29, 0.717) is 53.2 Å². The highest BCUT2D eigenvalue weighted by atomic mass is 35.5. The Hall–Kier alpha value is -2.05. The van der Waals surface area contributed by atoms with Gasteiger partial charge in [-0.05, 0) is 48.4 Å². The molecule has 1 unspecified atom stereocenters. The smallest absolute Gasteiger partial charge is 0.251 e. The lowest BCUT2D eigenvalue weighted by molar-refractivity contribution is 0.0954. The second-order valence-electron chi connectivity index (χ2n) is 5.59. The first kappa shape index (κ1) is 17.8. The molecule has 3 rings (SSSR count). The number of halogens is 1. The van der Waals surface area contributed by atoms with Crippen molar-refractivity contribution in [3.8, 4) is 11.5 Å². The fraction of sp³-hybridized carbons (Fsp3) is 0.278. The van der Waals surface area contributed by atoms with Gasteiger partial charge in [-0.25, -0.2) is 0 Å². The number of carbonyl (C=O) groups is 1. The first-order valence-corrected chi connectivity index (χ1v) is 9.78. The van der Waals surface area contributed by atoms with Crippen molar-refractivity contribution in [1.82, 2.24) is 5.32 Å². The Morgan fingerprint density at radius 1 is 1.20 bits per heavy atom. The van der Waals surface area contributed by atoms with Gasteiger partial charge in [0.25, 0.3) is 5.91 Å². The Bertz CT molecular complexity index is 807. The van der Waals surface area contributed by atoms with Crippen LogP contribution in [-0.2, 0) is 17.2 Å². The molecule has 2 aromatic carbocycles. The van der Waals surface area contributed by atoms with Gasteiger partial charge in [-0.15, -0.1) is 0 Å². The number of benzene rings is 2. The van der Waals surface area contributed by atoms with Gasteiger partial charge in [0.15, 0.2) is 11.5 Å². The molecule has 1 heterocycles. The van der Waals surface area contributed by atoms with E-state index in [1.54, 1.807) is 30.5 Å². The van der Waals surface area contributed by atoms with Crippen LogP contribution < -0.4 is 14.8 Å². The van der Waals surface area contributed by atoms with Crippen LogP contribution in [0.2, 0.25) is 5.02 Å². The average Bonchev–Trinajstić information content (AvgIpc) is 2.62. The van der Waals surface area contributed by atoms with Crippen molar-refractivity contribution in [2.45, 2.75) is 11.3 Å². The summed E-state index contributed by atoms with van der Waals surface area (Å²) in [5.74, 6) is 1.05. The first-order valence-electron chi connectivity index (χ1n) is 7.84. The highest BCUT2D eigenvalue weighted by Crippen LogP contribution is 2.38. The zero-order chi connectivity index (χ0) is 17.8. The van der Waals surface area contributed by atoms with Gasteiger partial charge >= 0.3 is 0 Å². The monoisotopic (exact) mass is 379 g/mol. The fourth-order valence-electron chi connectivity index (χ4n) is 2.53. The summed E-state index contributed by atoms with van der Waals surface area (Å²) in [7, 11) is -1.05. The van der Waals surface area contributed by atoms with Crippen molar-refractivity contribution in [3.63, 3.8) is 0 Å². The quantitative estimate of drug-likeness (QED) is 0.867. The van der Waals surface area contributed by atoms with Gasteiger partial charge in [-0.1, -0.05) is 11.6 Å². The lowest BCUT2D eigenvalue weighted by atomic mass is 10.1. The Kier molecular flexibility index (Phi) is 5.60. The summed E-state index contributed by atoms with van der Waals surface area (Å²) in [5.41, 5.74) is 1.50. The number of ether oxygens (including phenoxy) is 2. The lowest BCUT2D eigenvalue weighted by Crippen LogP contribution is -2.25. The van der Waals surface area contributed by atoms with Gasteiger partial charge in [0.2, 0.25) is 0 Å². The Morgan fingerprint density at radius 2 is 1.92 bits per heavy atom. The van der Waals surface area contributed by atoms with E-state index in [-0.39, 0.29) is 5.91 Å². The van der Waals surface area contributed by atoms with Gasteiger partial charge < -0.3 is 14.8 Å². The average molecular weight is 380 g/mol. The third-order valence-electron chi connectivity index (χ3n) is 3.80. The standard InChI is InChI=1S/C18H18ClNO4S/c1-25(22)14-4-2-13(3-5-14)18(21)20-7-6-12-10-15(19)17-16(11-12)23-8-9-24-17/h2-5,10-11H,6-9H2,1H3,(H,20,21). The predicted octanol–water partition coefficient (Wildman–Crippen LogP) is 2.82. The van der Waals surface area contributed by atoms with E-state index in [4.69, 9.17) is 21.1 Å². The predicted molar refractivity (Wildman–Crippen MR) is 97.3 cm³/mol. The summed E-state index contributed by atoms with van der Waals surface area (Å²) < 4.78 is 22.4. The van der Waals surface area contributed by atoms with E-state index in [2.05, 4.69) is 5.32 Å². The Balaban J connectivity index is 1.58. The lowest BCUT2D eigenvalue weighted by Gasteiger charge is -2.20. The Morgan fingerprint density at radius 3 is 2.64 bits per heavy atom. The summed E-state index contributed by atoms with van der Waals surface area (Å²) in [6, 6.07) is 10.5. The molecule has 1 N–H and O–H groups in total. The van der Waals surface area contributed by atoms with Crippen molar-refractivity contribution < 1.29 is 18.5 Å². The van der Waals surface area contributed by atoms with Crippen LogP contribution in [0.5, 0.6) is 11.5 Å². The van der Waals surface area contributed by atoms with Crippen molar-refractivity contribution in [3.05, 3.63) is 52.5 Å². The topological polar surface area (TPSA) is 64.6 Å². The second-order valence-corrected chi connectivity index (χ2v) is 7.37. The minimum Gasteiger partial charge on any atom is -0.486 e. The molecule has 7 heteroatoms. The van der Waals surface area contributed by atoms with E-state index >= 15 is 0 Å². The van der Waals surface area contributed by atoms with E-state index in [9.17, 15) is 9.00 Å². The van der Waals surface area contributed by atoms with Crippen LogP contribution in [0.15, 0.2) is 41.3 Å². The van der Waals surface area contributed by atoms with Crippen LogP contribution in [0.1, 0.15) is 15.9 Å². The van der Waals surface area contributed by atoms with E-state index in [1.165, 1.54) is 0 Å². The van der Waals surface area contributed by atoms with Crippen LogP contribution >= 0.6 is 11.6 Å². The van der Waals surface area contributed by atoms with Gasteiger partial charge in [0, 0.05) is 34.1 Å². The van der Waals surface area contributed by atoms with E-state index in [1.807, 2.05) is 12.1 Å². The number of fused-ring (bicyclic) bond motifs is 1. The zero-order valence-electron chi connectivity index (χ0n) is 13.7. The highest BCUT2D eigenvalue weighted by Gasteiger charge is 2.16. The normalized spacial score (nSPS) is 14.0. The minimum atomic E-state index is -1.05. The summed E-state index contributed by atoms with van der Waals surface area (Å²) in [4.78, 5) is 12.9. The number of hydrogen-bond acceptors (Lipinski definition) is 4. The second kappa shape index (κ2) is 7.89. The van der Waals surface area contributed by atoms with Crippen LogP contribution in [0.25, 0.3) is 0 Å². The number of carbonyl (C=O) groups excluding carboxylic acids is 1. The van der Waals surface area contributed by atoms with Crippen molar-refractivity contribution >= 4 is 28.3 Å². The molecule has 132 valence electrons. The molecule has 0 aromatic heterocycles. The summed E-state index contributed by atoms with van der Waals surface area (Å²) >= 11 is 6.21. The van der Waals surface area contributed by atoms with Crippen LogP contribution in [-0.4, -0.2) is 36.1 Å². The van der Waals surface area contributed by atoms with Crippen LogP contribution in [0.3, 0.4) is 0 Å². The Labute approximate surface area is 153 Å². The molecule has 0 saturated heterocycles. The molecule has 0 fully saturated rings. The maximum absolute atomic E-state index is 12.2. The maximum atomic E-state index is 12.2. The molecule has 1 atom stereocenters. The van der Waals surface area contributed by atoms with Crippen LogP contribution in [0, 0.1) is 0 Å². The van der Waals surface area contributed by atoms with Crippen LogP contribution in [0.4, 0.5) is 0 Å². The third-order valence-corrected chi connectivity index (χ3v) is 5.02. The molecule has 25 heavy (non-hydrogen) atoms. The van der Waals surface area contributed by atoms with Crippen molar-refractivity contribution in [1.29, 1.82) is 0 Å². The molecule has 2 aromatic rings.